The van der Waals surface area contributed by atoms with E-state index in [2.05, 4.69) is 5.10 Å². The zero-order valence-corrected chi connectivity index (χ0v) is 9.88. The number of carbonyl (C=O) groups excluding carboxylic acids is 1. The highest BCUT2D eigenvalue weighted by atomic mass is 16.5. The largest absolute Gasteiger partial charge is 0.497 e. The molecule has 2 aromatic rings. The second kappa shape index (κ2) is 4.82. The van der Waals surface area contributed by atoms with E-state index in [-0.39, 0.29) is 0 Å². The van der Waals surface area contributed by atoms with Crippen molar-refractivity contribution in [2.24, 2.45) is 0 Å². The Hall–Kier alpha value is -2.10. The van der Waals surface area contributed by atoms with Crippen LogP contribution in [0.4, 0.5) is 0 Å². The number of rotatable bonds is 4. The topological polar surface area (TPSA) is 44.1 Å². The average molecular weight is 230 g/mol. The highest BCUT2D eigenvalue weighted by Crippen LogP contribution is 2.17. The van der Waals surface area contributed by atoms with E-state index in [1.165, 1.54) is 0 Å². The first-order valence-electron chi connectivity index (χ1n) is 5.47. The van der Waals surface area contributed by atoms with Gasteiger partial charge in [0.1, 0.15) is 11.4 Å². The molecular weight excluding hydrogens is 216 g/mol. The van der Waals surface area contributed by atoms with Crippen LogP contribution in [0.2, 0.25) is 0 Å². The van der Waals surface area contributed by atoms with Crippen molar-refractivity contribution in [1.29, 1.82) is 0 Å². The van der Waals surface area contributed by atoms with Gasteiger partial charge in [-0.1, -0.05) is 6.92 Å². The molecule has 0 N–H and O–H groups in total. The standard InChI is InChI=1S/C13H14N2O2/c1-3-11-8-10(9-16)14-15(11)12-4-6-13(17-2)7-5-12/h4-9H,3H2,1-2H3. The van der Waals surface area contributed by atoms with E-state index in [1.54, 1.807) is 17.9 Å². The number of ether oxygens (including phenoxy) is 1. The summed E-state index contributed by atoms with van der Waals surface area (Å²) in [6.45, 7) is 2.03. The van der Waals surface area contributed by atoms with Gasteiger partial charge >= 0.3 is 0 Å². The van der Waals surface area contributed by atoms with Gasteiger partial charge in [-0.25, -0.2) is 4.68 Å². The molecule has 0 bridgehead atoms. The van der Waals surface area contributed by atoms with Crippen molar-refractivity contribution >= 4 is 6.29 Å². The van der Waals surface area contributed by atoms with Crippen molar-refractivity contribution in [3.05, 3.63) is 41.7 Å². The Labute approximate surface area is 99.8 Å². The van der Waals surface area contributed by atoms with Gasteiger partial charge in [0.15, 0.2) is 6.29 Å². The summed E-state index contributed by atoms with van der Waals surface area (Å²) in [4.78, 5) is 10.7. The zero-order chi connectivity index (χ0) is 12.3. The van der Waals surface area contributed by atoms with Crippen LogP contribution in [0.25, 0.3) is 5.69 Å². The van der Waals surface area contributed by atoms with Crippen molar-refractivity contribution in [3.8, 4) is 11.4 Å². The molecule has 0 saturated heterocycles. The van der Waals surface area contributed by atoms with Gasteiger partial charge in [0.25, 0.3) is 0 Å². The Morgan fingerprint density at radius 3 is 2.59 bits per heavy atom. The lowest BCUT2D eigenvalue weighted by atomic mass is 10.2. The molecule has 0 aliphatic carbocycles. The maximum Gasteiger partial charge on any atom is 0.170 e. The van der Waals surface area contributed by atoms with Crippen LogP contribution in [0.1, 0.15) is 23.1 Å². The number of hydrogen-bond donors (Lipinski definition) is 0. The molecule has 0 saturated carbocycles. The summed E-state index contributed by atoms with van der Waals surface area (Å²) in [6, 6.07) is 9.38. The summed E-state index contributed by atoms with van der Waals surface area (Å²) in [6.07, 6.45) is 1.59. The minimum atomic E-state index is 0.456. The lowest BCUT2D eigenvalue weighted by molar-refractivity contribution is 0.111. The van der Waals surface area contributed by atoms with Gasteiger partial charge in [-0.3, -0.25) is 4.79 Å². The maximum atomic E-state index is 10.7. The number of nitrogens with zero attached hydrogens (tertiary/aromatic N) is 2. The van der Waals surface area contributed by atoms with E-state index in [4.69, 9.17) is 4.74 Å². The number of aromatic nitrogens is 2. The number of aryl methyl sites for hydroxylation is 1. The molecule has 88 valence electrons. The Morgan fingerprint density at radius 2 is 2.06 bits per heavy atom. The third-order valence-corrected chi connectivity index (χ3v) is 2.60. The summed E-state index contributed by atoms with van der Waals surface area (Å²) < 4.78 is 6.88. The Kier molecular flexibility index (Phi) is 3.23. The number of methoxy groups -OCH3 is 1. The molecule has 0 fully saturated rings. The second-order valence-corrected chi connectivity index (χ2v) is 3.64. The third kappa shape index (κ3) is 2.20. The minimum Gasteiger partial charge on any atom is -0.497 e. The van der Waals surface area contributed by atoms with Gasteiger partial charge in [0, 0.05) is 5.69 Å². The second-order valence-electron chi connectivity index (χ2n) is 3.64. The smallest absolute Gasteiger partial charge is 0.170 e. The SMILES string of the molecule is CCc1cc(C=O)nn1-c1ccc(OC)cc1. The van der Waals surface area contributed by atoms with Crippen LogP contribution in [0, 0.1) is 0 Å². The fourth-order valence-corrected chi connectivity index (χ4v) is 1.70. The van der Waals surface area contributed by atoms with Gasteiger partial charge in [-0.2, -0.15) is 5.10 Å². The number of hydrogen-bond acceptors (Lipinski definition) is 3. The quantitative estimate of drug-likeness (QED) is 0.757. The first-order chi connectivity index (χ1) is 8.28. The van der Waals surface area contributed by atoms with Gasteiger partial charge < -0.3 is 4.74 Å². The van der Waals surface area contributed by atoms with Crippen LogP contribution in [0.3, 0.4) is 0 Å². The third-order valence-electron chi connectivity index (χ3n) is 2.60. The van der Waals surface area contributed by atoms with Gasteiger partial charge in [-0.15, -0.1) is 0 Å². The highest BCUT2D eigenvalue weighted by molar-refractivity contribution is 5.72. The zero-order valence-electron chi connectivity index (χ0n) is 9.88. The molecule has 4 heteroatoms. The molecule has 4 nitrogen and oxygen atoms in total. The molecule has 17 heavy (non-hydrogen) atoms. The van der Waals surface area contributed by atoms with Crippen molar-refractivity contribution in [2.75, 3.05) is 7.11 Å². The molecule has 0 amide bonds. The van der Waals surface area contributed by atoms with Crippen LogP contribution in [0.5, 0.6) is 5.75 Å². The summed E-state index contributed by atoms with van der Waals surface area (Å²) in [5, 5.41) is 4.23. The monoisotopic (exact) mass is 230 g/mol. The fraction of sp³-hybridized carbons (Fsp3) is 0.231. The molecule has 0 aliphatic rings. The van der Waals surface area contributed by atoms with E-state index >= 15 is 0 Å². The summed E-state index contributed by atoms with van der Waals surface area (Å²) in [5.41, 5.74) is 2.39. The van der Waals surface area contributed by atoms with Crippen molar-refractivity contribution in [2.45, 2.75) is 13.3 Å². The van der Waals surface area contributed by atoms with E-state index in [9.17, 15) is 4.79 Å². The van der Waals surface area contributed by atoms with E-state index < -0.39 is 0 Å². The Balaban J connectivity index is 2.43. The van der Waals surface area contributed by atoms with Crippen LogP contribution < -0.4 is 4.74 Å². The van der Waals surface area contributed by atoms with E-state index in [0.717, 1.165) is 29.8 Å². The Bertz CT molecular complexity index is 515. The lowest BCUT2D eigenvalue weighted by Crippen LogP contribution is -2.01. The summed E-state index contributed by atoms with van der Waals surface area (Å²) in [5.74, 6) is 0.801. The number of aldehydes is 1. The van der Waals surface area contributed by atoms with Gasteiger partial charge in [0.05, 0.1) is 12.8 Å². The molecule has 0 atom stereocenters. The van der Waals surface area contributed by atoms with E-state index in [0.29, 0.717) is 5.69 Å². The average Bonchev–Trinajstić information content (AvgIpc) is 2.82. The van der Waals surface area contributed by atoms with Gasteiger partial charge in [0.2, 0.25) is 0 Å². The normalized spacial score (nSPS) is 10.2. The summed E-state index contributed by atoms with van der Waals surface area (Å²) in [7, 11) is 1.63. The molecule has 1 aromatic carbocycles. The van der Waals surface area contributed by atoms with Crippen molar-refractivity contribution in [3.63, 3.8) is 0 Å². The first kappa shape index (κ1) is 11.4. The fourth-order valence-electron chi connectivity index (χ4n) is 1.70. The van der Waals surface area contributed by atoms with Gasteiger partial charge in [-0.05, 0) is 36.8 Å². The highest BCUT2D eigenvalue weighted by Gasteiger charge is 2.07. The molecule has 1 aromatic heterocycles. The number of carbonyl (C=O) groups is 1. The molecule has 1 heterocycles. The molecule has 0 aliphatic heterocycles. The van der Waals surface area contributed by atoms with E-state index in [1.807, 2.05) is 31.2 Å². The maximum absolute atomic E-state index is 10.7. The van der Waals surface area contributed by atoms with Crippen LogP contribution in [-0.4, -0.2) is 23.2 Å². The van der Waals surface area contributed by atoms with Crippen LogP contribution in [0.15, 0.2) is 30.3 Å². The predicted molar refractivity (Wildman–Crippen MR) is 64.9 cm³/mol. The van der Waals surface area contributed by atoms with Crippen molar-refractivity contribution < 1.29 is 9.53 Å². The lowest BCUT2D eigenvalue weighted by Gasteiger charge is -2.06. The first-order valence-corrected chi connectivity index (χ1v) is 5.47. The van der Waals surface area contributed by atoms with Crippen molar-refractivity contribution in [1.82, 2.24) is 9.78 Å². The summed E-state index contributed by atoms with van der Waals surface area (Å²) >= 11 is 0. The Morgan fingerprint density at radius 1 is 1.35 bits per heavy atom. The molecular formula is C13H14N2O2. The molecule has 2 rings (SSSR count). The minimum absolute atomic E-state index is 0.456. The van der Waals surface area contributed by atoms with Crippen LogP contribution >= 0.6 is 0 Å². The molecule has 0 spiro atoms. The molecule has 0 unspecified atom stereocenters. The molecule has 0 radical (unpaired) electrons. The predicted octanol–water partition coefficient (Wildman–Crippen LogP) is 2.26. The van der Waals surface area contributed by atoms with Crippen LogP contribution in [-0.2, 0) is 6.42 Å². The number of benzene rings is 1.